The summed E-state index contributed by atoms with van der Waals surface area (Å²) in [5.74, 6) is -0.879. The van der Waals surface area contributed by atoms with E-state index in [1.54, 1.807) is 118 Å². The highest BCUT2D eigenvalue weighted by molar-refractivity contribution is 7.86. The fourth-order valence-electron chi connectivity index (χ4n) is 14.9. The second-order valence-corrected chi connectivity index (χ2v) is 31.6. The number of hydrogen-bond acceptors (Lipinski definition) is 28. The molecule has 33 nitrogen and oxygen atoms in total. The van der Waals surface area contributed by atoms with Crippen LogP contribution in [0.1, 0.15) is 166 Å². The van der Waals surface area contributed by atoms with Gasteiger partial charge in [0.05, 0.1) is 151 Å². The predicted molar refractivity (Wildman–Crippen MR) is 452 cm³/mol. The molecule has 16 rings (SSSR count). The van der Waals surface area contributed by atoms with Crippen LogP contribution < -0.4 is 51.9 Å². The highest BCUT2D eigenvalue weighted by atomic mass is 32.2. The van der Waals surface area contributed by atoms with Gasteiger partial charge in [-0.1, -0.05) is 54.6 Å². The van der Waals surface area contributed by atoms with E-state index in [0.717, 1.165) is 64.4 Å². The zero-order valence-electron chi connectivity index (χ0n) is 70.5. The van der Waals surface area contributed by atoms with Crippen LogP contribution in [0.15, 0.2) is 164 Å². The Labute approximate surface area is 719 Å². The fourth-order valence-corrected chi connectivity index (χ4v) is 15.4. The summed E-state index contributed by atoms with van der Waals surface area (Å²) in [6, 6.07) is 44.8. The molecule has 7 aliphatic rings. The van der Waals surface area contributed by atoms with Gasteiger partial charge in [-0.05, 0) is 171 Å². The first kappa shape index (κ1) is 89.6. The van der Waals surface area contributed by atoms with E-state index < -0.39 is 51.3 Å². The van der Waals surface area contributed by atoms with Crippen molar-refractivity contribution in [3.8, 4) is 63.2 Å². The number of anilines is 2. The molecule has 125 heavy (non-hydrogen) atoms. The second kappa shape index (κ2) is 38.2. The molecule has 0 aliphatic carbocycles. The van der Waals surface area contributed by atoms with Crippen molar-refractivity contribution >= 4 is 86.8 Å². The van der Waals surface area contributed by atoms with E-state index in [4.69, 9.17) is 51.9 Å². The van der Waals surface area contributed by atoms with Gasteiger partial charge in [-0.25, -0.2) is 14.4 Å². The van der Waals surface area contributed by atoms with Gasteiger partial charge in [-0.3, -0.25) is 58.0 Å². The number of imide groups is 4. The number of piperidine rings is 1. The van der Waals surface area contributed by atoms with E-state index in [1.165, 1.54) is 93.2 Å². The van der Waals surface area contributed by atoms with Crippen molar-refractivity contribution in [2.24, 2.45) is 0 Å². The second-order valence-electron chi connectivity index (χ2n) is 30.0. The summed E-state index contributed by atoms with van der Waals surface area (Å²) in [6.07, 6.45) is 3.96. The molecule has 7 heterocycles. The minimum atomic E-state index is -3.85. The van der Waals surface area contributed by atoms with Crippen LogP contribution in [0.2, 0.25) is 0 Å². The quantitative estimate of drug-likeness (QED) is 0.0310. The van der Waals surface area contributed by atoms with Gasteiger partial charge in [-0.2, -0.15) is 8.42 Å². The van der Waals surface area contributed by atoms with Gasteiger partial charge in [0.1, 0.15) is 22.7 Å². The van der Waals surface area contributed by atoms with Crippen LogP contribution in [-0.2, 0) is 45.8 Å². The topological polar surface area (TPSA) is 387 Å². The van der Waals surface area contributed by atoms with Crippen molar-refractivity contribution in [3.63, 3.8) is 0 Å². The van der Waals surface area contributed by atoms with Gasteiger partial charge in [-0.15, -0.1) is 0 Å². The van der Waals surface area contributed by atoms with Crippen molar-refractivity contribution in [2.45, 2.75) is 71.8 Å². The molecule has 0 radical (unpaired) electrons. The summed E-state index contributed by atoms with van der Waals surface area (Å²) >= 11 is 0. The van der Waals surface area contributed by atoms with E-state index in [1.807, 2.05) is 56.0 Å². The lowest BCUT2D eigenvalue weighted by Gasteiger charge is -2.37. The van der Waals surface area contributed by atoms with Gasteiger partial charge in [0, 0.05) is 39.3 Å². The molecular weight excluding hydrogens is 1640 g/mol. The van der Waals surface area contributed by atoms with E-state index in [9.17, 15) is 66.3 Å². The van der Waals surface area contributed by atoms with Crippen LogP contribution in [0.25, 0.3) is 0 Å². The number of ether oxygens (including phenoxy) is 10. The van der Waals surface area contributed by atoms with Crippen molar-refractivity contribution in [3.05, 3.63) is 242 Å². The average molecular weight is 1730 g/mol. The molecule has 0 unspecified atom stereocenters. The first-order valence-electron chi connectivity index (χ1n) is 39.2. The maximum absolute atomic E-state index is 13.4. The number of piperazine rings is 1. The zero-order valence-corrected chi connectivity index (χ0v) is 71.3. The summed E-state index contributed by atoms with van der Waals surface area (Å²) in [7, 11) is 8.42. The summed E-state index contributed by atoms with van der Waals surface area (Å²) in [6.45, 7) is 9.77. The van der Waals surface area contributed by atoms with Gasteiger partial charge in [0.15, 0.2) is 51.7 Å². The molecule has 0 bridgehead atoms. The molecule has 7 aliphatic heterocycles. The van der Waals surface area contributed by atoms with E-state index >= 15 is 0 Å². The van der Waals surface area contributed by atoms with Crippen molar-refractivity contribution in [2.75, 3.05) is 112 Å². The van der Waals surface area contributed by atoms with Gasteiger partial charge in [0.25, 0.3) is 47.3 Å². The molecule has 652 valence electrons. The van der Waals surface area contributed by atoms with Gasteiger partial charge < -0.3 is 76.5 Å². The monoisotopic (exact) mass is 1730 g/mol. The Morgan fingerprint density at radius 3 is 1.02 bits per heavy atom. The number of methoxy groups -OCH3 is 8. The minimum absolute atomic E-state index is 0.00891. The standard InChI is InChI=1S/C26H31N3O6.C22H24N2O4.C18H17NO7S.C17H15NO5.C8H4O4/c1-26(2,3)35-25(32)28-13-11-27(12-14-28)19-8-6-7-18-22(19)24(31)29(23(18)30)16-17-9-10-20(33-4)21(15-17)34-5;1-27-18-10-9-15(13-19(18)28-2)14-24-21(25)16-7-6-8-17(20(16)22(24)26)23-11-4-3-5-12-23;1-24-13-8-7-11(9-15(13)25-2)10-19-17(20)12-5-4-6-14(16(12)18(19)21)26-27(3,22)23;1-22-13-7-6-10(8-14(13)23-2)9-18-16(20)11-4-3-5-12(19)15(11)17(18)21;9-5-3-1-2-4-6(5)8(11)12-7(4)10/h6-10,15H,11-14,16H2,1-5H3;6-10,13H,3-5,11-12,14H2,1-2H3;4-9H,10H2,1-3H3;3-8,19H,9H2,1-2H3;1-3,9H. The number of phenolic OH excluding ortho intramolecular Hbond substituents is 2. The highest BCUT2D eigenvalue weighted by Crippen LogP contribution is 2.41. The average Bonchev–Trinajstić information content (AvgIpc) is 1.62. The number of cyclic esters (lactones) is 2. The first-order valence-corrected chi connectivity index (χ1v) is 41.0. The Kier molecular flexibility index (Phi) is 27.3. The Morgan fingerprint density at radius 2 is 0.672 bits per heavy atom. The smallest absolute Gasteiger partial charge is 0.410 e. The zero-order chi connectivity index (χ0) is 90.0. The number of nitrogens with zero attached hydrogens (tertiary/aromatic N) is 7. The number of carbonyl (C=O) groups excluding carboxylic acids is 11. The van der Waals surface area contributed by atoms with E-state index in [2.05, 4.69) is 9.64 Å². The molecule has 0 aromatic heterocycles. The third kappa shape index (κ3) is 19.3. The third-order valence-electron chi connectivity index (χ3n) is 20.9. The van der Waals surface area contributed by atoms with E-state index in [-0.39, 0.29) is 107 Å². The number of rotatable bonds is 20. The molecule has 0 atom stereocenters. The number of hydrogen-bond donors (Lipinski definition) is 2. The Bertz CT molecular complexity index is 5890. The lowest BCUT2D eigenvalue weighted by molar-refractivity contribution is 0.0238. The highest BCUT2D eigenvalue weighted by Gasteiger charge is 2.44. The van der Waals surface area contributed by atoms with E-state index in [0.29, 0.717) is 106 Å². The number of esters is 2. The van der Waals surface area contributed by atoms with Crippen molar-refractivity contribution in [1.82, 2.24) is 24.5 Å². The largest absolute Gasteiger partial charge is 0.507 e. The fraction of sp³-hybridized carbons (Fsp3) is 0.286. The lowest BCUT2D eigenvalue weighted by atomic mass is 10.0. The number of phenols is 2. The molecule has 34 heteroatoms. The Balaban J connectivity index is 0.000000146. The SMILES string of the molecule is COc1ccc(CN2C(=O)c3cccc(N4CCCCC4)c3C2=O)cc1OC.COc1ccc(CN2C(=O)c3cccc(N4CCN(C(=O)OC(C)(C)C)CC4)c3C2=O)cc1OC.COc1ccc(CN2C(=O)c3cccc(O)c3C2=O)cc1OC.COc1ccc(CN2C(=O)c3cccc(OS(C)(=O)=O)c3C2=O)cc1OC.O=C1OC(=O)c2c(O)cccc21. The number of aromatic hydroxyl groups is 2. The van der Waals surface area contributed by atoms with Crippen LogP contribution >= 0.6 is 0 Å². The predicted octanol–water partition coefficient (Wildman–Crippen LogP) is 11.8. The van der Waals surface area contributed by atoms with Crippen LogP contribution in [-0.4, -0.2) is 216 Å². The number of carbonyl (C=O) groups is 11. The van der Waals surface area contributed by atoms with Crippen molar-refractivity contribution in [1.29, 1.82) is 0 Å². The summed E-state index contributed by atoms with van der Waals surface area (Å²) in [5, 5.41) is 19.0. The molecule has 9 amide bonds. The number of amides is 9. The van der Waals surface area contributed by atoms with Gasteiger partial charge in [0.2, 0.25) is 0 Å². The van der Waals surface area contributed by atoms with Crippen LogP contribution in [0.5, 0.6) is 63.2 Å². The van der Waals surface area contributed by atoms with Crippen LogP contribution in [0.4, 0.5) is 16.2 Å². The lowest BCUT2D eigenvalue weighted by Crippen LogP contribution is -2.50. The maximum Gasteiger partial charge on any atom is 0.410 e. The summed E-state index contributed by atoms with van der Waals surface area (Å²) in [5.41, 5.74) is 6.18. The maximum atomic E-state index is 13.4. The number of fused-ring (bicyclic) bond motifs is 5. The Hall–Kier alpha value is -14.7. The number of benzene rings is 9. The molecule has 0 saturated carbocycles. The molecule has 9 aromatic carbocycles. The van der Waals surface area contributed by atoms with Crippen molar-refractivity contribution < 1.29 is 123 Å². The summed E-state index contributed by atoms with van der Waals surface area (Å²) in [4.78, 5) is 148. The molecule has 0 spiro atoms. The minimum Gasteiger partial charge on any atom is -0.507 e. The molecule has 2 fully saturated rings. The summed E-state index contributed by atoms with van der Waals surface area (Å²) < 4.78 is 79.5. The molecule has 2 N–H and O–H groups in total. The van der Waals surface area contributed by atoms with Gasteiger partial charge >= 0.3 is 28.1 Å². The Morgan fingerprint density at radius 1 is 0.352 bits per heavy atom. The normalized spacial score (nSPS) is 14.8. The molecule has 2 saturated heterocycles. The third-order valence-corrected chi connectivity index (χ3v) is 21.4. The molecule has 9 aromatic rings. The first-order chi connectivity index (χ1) is 59.8. The van der Waals surface area contributed by atoms with Crippen LogP contribution in [0.3, 0.4) is 0 Å². The van der Waals surface area contributed by atoms with Crippen LogP contribution in [0, 0.1) is 0 Å². The molecular formula is C91H91N7O26S.